The molecule has 1 rings (SSSR count). The quantitative estimate of drug-likeness (QED) is 0.310. The van der Waals surface area contributed by atoms with Crippen LogP contribution in [0.2, 0.25) is 0 Å². The van der Waals surface area contributed by atoms with E-state index in [4.69, 9.17) is 4.74 Å². The number of carbonyl (C=O) groups is 3. The van der Waals surface area contributed by atoms with Gasteiger partial charge in [0.1, 0.15) is 5.78 Å². The van der Waals surface area contributed by atoms with Crippen molar-refractivity contribution in [1.82, 2.24) is 5.32 Å². The largest absolute Gasteiger partial charge is 0.449 e. The van der Waals surface area contributed by atoms with Crippen LogP contribution >= 0.6 is 0 Å². The maximum absolute atomic E-state index is 12.5. The number of nitrogens with one attached hydrogen (secondary N) is 1. The number of ketones is 1. The number of Topliss-reactive ketones (excluding diaryl/α,β-unsaturated/α-hetero) is 1. The lowest BCUT2D eigenvalue weighted by molar-refractivity contribution is -0.121. The van der Waals surface area contributed by atoms with Gasteiger partial charge in [-0.3, -0.25) is 14.9 Å². The number of rotatable bonds is 13. The summed E-state index contributed by atoms with van der Waals surface area (Å²) in [5.74, 6) is 0.321. The highest BCUT2D eigenvalue weighted by Gasteiger charge is 2.37. The molecule has 31 heavy (non-hydrogen) atoms. The van der Waals surface area contributed by atoms with E-state index >= 15 is 0 Å². The number of allylic oxidation sites excluding steroid dienone is 3. The van der Waals surface area contributed by atoms with E-state index in [1.807, 2.05) is 13.0 Å². The highest BCUT2D eigenvalue weighted by Crippen LogP contribution is 2.38. The van der Waals surface area contributed by atoms with Crippen LogP contribution in [0.4, 0.5) is 4.79 Å². The van der Waals surface area contributed by atoms with E-state index in [0.717, 1.165) is 38.5 Å². The third-order valence-electron chi connectivity index (χ3n) is 5.86. The summed E-state index contributed by atoms with van der Waals surface area (Å²) < 4.78 is 4.90. The Hall–Kier alpha value is -1.95. The molecule has 6 heteroatoms. The van der Waals surface area contributed by atoms with Crippen molar-refractivity contribution >= 4 is 17.8 Å². The van der Waals surface area contributed by atoms with Crippen LogP contribution in [-0.4, -0.2) is 35.1 Å². The molecule has 2 amide bonds. The number of aliphatic hydroxyl groups is 1. The number of imide groups is 1. The smallest absolute Gasteiger partial charge is 0.413 e. The number of carbonyl (C=O) groups excluding carboxylic acids is 3. The number of unbranched alkanes of at least 4 members (excludes halogenated alkanes) is 4. The topological polar surface area (TPSA) is 92.7 Å². The Balaban J connectivity index is 2.40. The first-order valence-electron chi connectivity index (χ1n) is 11.7. The van der Waals surface area contributed by atoms with Gasteiger partial charge in [0.05, 0.1) is 12.2 Å². The van der Waals surface area contributed by atoms with E-state index in [1.54, 1.807) is 0 Å². The monoisotopic (exact) mass is 435 g/mol. The average molecular weight is 436 g/mol. The van der Waals surface area contributed by atoms with Gasteiger partial charge in [0.15, 0.2) is 0 Å². The zero-order chi connectivity index (χ0) is 23.3. The van der Waals surface area contributed by atoms with Crippen LogP contribution in [0.25, 0.3) is 0 Å². The first-order valence-corrected chi connectivity index (χ1v) is 11.7. The van der Waals surface area contributed by atoms with Gasteiger partial charge >= 0.3 is 6.09 Å². The minimum Gasteiger partial charge on any atom is -0.449 e. The SMILES string of the molecule is CCCCC[C@](C)(O)/C=C/[C@H]1[C@H](C)CC(=O)[C@@H]1C/C=C\CCCCOC(=O)NC(C)=O. The summed E-state index contributed by atoms with van der Waals surface area (Å²) in [6.45, 7) is 7.65. The molecule has 0 radical (unpaired) electrons. The molecule has 0 aromatic heterocycles. The van der Waals surface area contributed by atoms with Gasteiger partial charge in [0, 0.05) is 19.3 Å². The molecule has 0 spiro atoms. The van der Waals surface area contributed by atoms with Gasteiger partial charge in [-0.1, -0.05) is 57.4 Å². The predicted octanol–water partition coefficient (Wildman–Crippen LogP) is 5.10. The Labute approximate surface area is 187 Å². The zero-order valence-electron chi connectivity index (χ0n) is 19.7. The summed E-state index contributed by atoms with van der Waals surface area (Å²) in [7, 11) is 0. The second kappa shape index (κ2) is 14.2. The van der Waals surface area contributed by atoms with Gasteiger partial charge in [0.25, 0.3) is 0 Å². The van der Waals surface area contributed by atoms with Crippen LogP contribution in [0.1, 0.15) is 85.5 Å². The van der Waals surface area contributed by atoms with E-state index in [1.165, 1.54) is 6.92 Å². The summed E-state index contributed by atoms with van der Waals surface area (Å²) in [6, 6.07) is 0. The molecule has 0 saturated heterocycles. The number of ether oxygens (including phenoxy) is 1. The molecule has 176 valence electrons. The molecule has 0 bridgehead atoms. The Bertz CT molecular complexity index is 638. The van der Waals surface area contributed by atoms with Crippen molar-refractivity contribution in [2.75, 3.05) is 6.61 Å². The van der Waals surface area contributed by atoms with Crippen molar-refractivity contribution in [3.63, 3.8) is 0 Å². The lowest BCUT2D eigenvalue weighted by Gasteiger charge is -2.22. The van der Waals surface area contributed by atoms with E-state index in [-0.39, 0.29) is 18.4 Å². The van der Waals surface area contributed by atoms with Crippen LogP contribution in [-0.2, 0) is 14.3 Å². The molecule has 0 aromatic carbocycles. The molecule has 0 aromatic rings. The Kier molecular flexibility index (Phi) is 12.4. The van der Waals surface area contributed by atoms with Crippen LogP contribution < -0.4 is 5.32 Å². The van der Waals surface area contributed by atoms with Crippen molar-refractivity contribution in [3.8, 4) is 0 Å². The zero-order valence-corrected chi connectivity index (χ0v) is 19.7. The predicted molar refractivity (Wildman–Crippen MR) is 122 cm³/mol. The molecule has 6 nitrogen and oxygen atoms in total. The summed E-state index contributed by atoms with van der Waals surface area (Å²) >= 11 is 0. The van der Waals surface area contributed by atoms with Gasteiger partial charge in [-0.15, -0.1) is 0 Å². The number of amides is 2. The Morgan fingerprint density at radius 1 is 1.23 bits per heavy atom. The highest BCUT2D eigenvalue weighted by atomic mass is 16.5. The van der Waals surface area contributed by atoms with Crippen LogP contribution in [0.15, 0.2) is 24.3 Å². The minimum atomic E-state index is -0.815. The molecule has 4 atom stereocenters. The Morgan fingerprint density at radius 3 is 2.65 bits per heavy atom. The number of hydrogen-bond donors (Lipinski definition) is 2. The van der Waals surface area contributed by atoms with Gasteiger partial charge in [-0.25, -0.2) is 4.79 Å². The third kappa shape index (κ3) is 11.3. The molecule has 0 heterocycles. The van der Waals surface area contributed by atoms with Gasteiger partial charge in [0.2, 0.25) is 5.91 Å². The van der Waals surface area contributed by atoms with Crippen molar-refractivity contribution in [3.05, 3.63) is 24.3 Å². The molecule has 0 aliphatic heterocycles. The molecule has 1 saturated carbocycles. The van der Waals surface area contributed by atoms with Crippen molar-refractivity contribution in [2.24, 2.45) is 17.8 Å². The number of alkyl carbamates (subject to hydrolysis) is 1. The normalized spacial score (nSPS) is 23.4. The fourth-order valence-electron chi connectivity index (χ4n) is 4.03. The Morgan fingerprint density at radius 2 is 1.97 bits per heavy atom. The van der Waals surface area contributed by atoms with E-state index in [0.29, 0.717) is 31.0 Å². The summed E-state index contributed by atoms with van der Waals surface area (Å²) in [4.78, 5) is 34.4. The van der Waals surface area contributed by atoms with Gasteiger partial charge in [-0.2, -0.15) is 0 Å². The summed E-state index contributed by atoms with van der Waals surface area (Å²) in [5.41, 5.74) is -0.815. The standard InChI is InChI=1S/C25H41NO5/c1-5-6-11-15-25(4,30)16-14-21-19(2)18-23(28)22(21)13-10-8-7-9-12-17-31-24(29)26-20(3)27/h8,10,14,16,19,21-22,30H,5-7,9,11-13,15,17-18H2,1-4H3,(H,26,27,29)/b10-8-,16-14+/t19-,21+,22-,25+/m1/s1. The molecule has 1 fully saturated rings. The van der Waals surface area contributed by atoms with E-state index < -0.39 is 17.6 Å². The maximum atomic E-state index is 12.5. The average Bonchev–Trinajstić information content (AvgIpc) is 2.94. The van der Waals surface area contributed by atoms with Gasteiger partial charge in [-0.05, 0) is 50.9 Å². The fourth-order valence-corrected chi connectivity index (χ4v) is 4.03. The molecular weight excluding hydrogens is 394 g/mol. The molecule has 1 aliphatic rings. The van der Waals surface area contributed by atoms with Crippen molar-refractivity contribution in [1.29, 1.82) is 0 Å². The first kappa shape index (κ1) is 27.1. The van der Waals surface area contributed by atoms with Crippen molar-refractivity contribution in [2.45, 2.75) is 91.1 Å². The highest BCUT2D eigenvalue weighted by molar-refractivity contribution is 5.90. The lowest BCUT2D eigenvalue weighted by atomic mass is 9.85. The fraction of sp³-hybridized carbons (Fsp3) is 0.720. The van der Waals surface area contributed by atoms with E-state index in [9.17, 15) is 19.5 Å². The summed E-state index contributed by atoms with van der Waals surface area (Å²) in [5, 5.41) is 12.7. The molecule has 0 unspecified atom stereocenters. The lowest BCUT2D eigenvalue weighted by Crippen LogP contribution is -2.28. The van der Waals surface area contributed by atoms with Gasteiger partial charge < -0.3 is 9.84 Å². The van der Waals surface area contributed by atoms with E-state index in [2.05, 4.69) is 37.4 Å². The molecule has 1 aliphatic carbocycles. The third-order valence-corrected chi connectivity index (χ3v) is 5.86. The minimum absolute atomic E-state index is 0.0208. The molecular formula is C25H41NO5. The summed E-state index contributed by atoms with van der Waals surface area (Å²) in [6.07, 6.45) is 15.2. The molecule has 2 N–H and O–H groups in total. The second-order valence-electron chi connectivity index (χ2n) is 9.02. The van der Waals surface area contributed by atoms with Crippen LogP contribution in [0, 0.1) is 17.8 Å². The maximum Gasteiger partial charge on any atom is 0.413 e. The van der Waals surface area contributed by atoms with Crippen LogP contribution in [0.3, 0.4) is 0 Å². The van der Waals surface area contributed by atoms with Crippen molar-refractivity contribution < 1.29 is 24.2 Å². The van der Waals surface area contributed by atoms with Crippen LogP contribution in [0.5, 0.6) is 0 Å². The second-order valence-corrected chi connectivity index (χ2v) is 9.02. The number of hydrogen-bond acceptors (Lipinski definition) is 5. The first-order chi connectivity index (χ1) is 14.7.